The number of benzene rings is 1. The molecule has 0 fully saturated rings. The van der Waals surface area contributed by atoms with Crippen molar-refractivity contribution in [2.75, 3.05) is 6.54 Å². The first kappa shape index (κ1) is 12.7. The van der Waals surface area contributed by atoms with Crippen molar-refractivity contribution in [1.82, 2.24) is 5.32 Å². The van der Waals surface area contributed by atoms with Gasteiger partial charge in [-0.25, -0.2) is 0 Å². The lowest BCUT2D eigenvalue weighted by Gasteiger charge is -2.11. The summed E-state index contributed by atoms with van der Waals surface area (Å²) in [6, 6.07) is 10.1. The Labute approximate surface area is 96.0 Å². The Balaban J connectivity index is 2.13. The van der Waals surface area contributed by atoms with E-state index in [4.69, 9.17) is 11.5 Å². The van der Waals surface area contributed by atoms with Gasteiger partial charge in [0.25, 0.3) is 0 Å². The van der Waals surface area contributed by atoms with Crippen LogP contribution in [0.15, 0.2) is 30.3 Å². The van der Waals surface area contributed by atoms with Crippen LogP contribution < -0.4 is 16.8 Å². The monoisotopic (exact) mass is 221 g/mol. The van der Waals surface area contributed by atoms with Crippen LogP contribution in [0.25, 0.3) is 0 Å². The van der Waals surface area contributed by atoms with E-state index in [2.05, 4.69) is 17.4 Å². The van der Waals surface area contributed by atoms with Crippen LogP contribution in [0.3, 0.4) is 0 Å². The maximum Gasteiger partial charge on any atom is 0.217 e. The first-order valence-corrected chi connectivity index (χ1v) is 5.47. The minimum Gasteiger partial charge on any atom is -0.370 e. The van der Waals surface area contributed by atoms with Crippen molar-refractivity contribution in [1.29, 1.82) is 0 Å². The summed E-state index contributed by atoms with van der Waals surface area (Å²) in [5.41, 5.74) is 12.1. The van der Waals surface area contributed by atoms with Gasteiger partial charge in [0.2, 0.25) is 5.91 Å². The Morgan fingerprint density at radius 1 is 1.31 bits per heavy atom. The molecule has 5 N–H and O–H groups in total. The first-order valence-electron chi connectivity index (χ1n) is 5.47. The van der Waals surface area contributed by atoms with Gasteiger partial charge in [-0.2, -0.15) is 0 Å². The van der Waals surface area contributed by atoms with E-state index in [0.717, 1.165) is 6.54 Å². The van der Waals surface area contributed by atoms with Crippen LogP contribution in [0.2, 0.25) is 0 Å². The number of carbonyl (C=O) groups excluding carboxylic acids is 1. The molecule has 0 aliphatic heterocycles. The lowest BCUT2D eigenvalue weighted by atomic mass is 10.1. The molecular weight excluding hydrogens is 202 g/mol. The highest BCUT2D eigenvalue weighted by atomic mass is 16.1. The zero-order valence-electron chi connectivity index (χ0n) is 9.36. The number of primary amides is 1. The molecule has 0 saturated heterocycles. The third kappa shape index (κ3) is 5.48. The van der Waals surface area contributed by atoms with Crippen molar-refractivity contribution in [3.63, 3.8) is 0 Å². The van der Waals surface area contributed by atoms with E-state index in [1.54, 1.807) is 0 Å². The highest BCUT2D eigenvalue weighted by molar-refractivity contribution is 5.73. The Kier molecular flexibility index (Phi) is 5.53. The number of nitrogens with one attached hydrogen (secondary N) is 1. The molecule has 1 unspecified atom stereocenters. The Hall–Kier alpha value is -1.39. The quantitative estimate of drug-likeness (QED) is 0.622. The van der Waals surface area contributed by atoms with Gasteiger partial charge in [0.15, 0.2) is 0 Å². The second kappa shape index (κ2) is 6.98. The van der Waals surface area contributed by atoms with E-state index >= 15 is 0 Å². The maximum absolute atomic E-state index is 10.5. The van der Waals surface area contributed by atoms with Crippen LogP contribution in [0.1, 0.15) is 18.4 Å². The van der Waals surface area contributed by atoms with Gasteiger partial charge >= 0.3 is 0 Å². The van der Waals surface area contributed by atoms with Crippen LogP contribution in [0, 0.1) is 0 Å². The Morgan fingerprint density at radius 2 is 2.00 bits per heavy atom. The standard InChI is InChI=1S/C12H19N3O/c13-11(6-7-12(14)16)9-15-8-10-4-2-1-3-5-10/h1-5,11,15H,6-9,13H2,(H2,14,16). The Morgan fingerprint density at radius 3 is 2.62 bits per heavy atom. The molecular formula is C12H19N3O. The number of nitrogens with two attached hydrogens (primary N) is 2. The average Bonchev–Trinajstić information content (AvgIpc) is 2.28. The molecule has 0 aliphatic rings. The number of rotatable bonds is 7. The zero-order valence-corrected chi connectivity index (χ0v) is 9.36. The second-order valence-electron chi connectivity index (χ2n) is 3.88. The van der Waals surface area contributed by atoms with Crippen LogP contribution in [-0.2, 0) is 11.3 Å². The summed E-state index contributed by atoms with van der Waals surface area (Å²) in [6.07, 6.45) is 0.991. The topological polar surface area (TPSA) is 81.1 Å². The molecule has 0 spiro atoms. The number of hydrogen-bond acceptors (Lipinski definition) is 3. The second-order valence-corrected chi connectivity index (χ2v) is 3.88. The summed E-state index contributed by atoms with van der Waals surface area (Å²) in [4.78, 5) is 10.5. The molecule has 0 aliphatic carbocycles. The highest BCUT2D eigenvalue weighted by Crippen LogP contribution is 1.98. The van der Waals surface area contributed by atoms with Crippen LogP contribution in [-0.4, -0.2) is 18.5 Å². The normalized spacial score (nSPS) is 12.3. The fraction of sp³-hybridized carbons (Fsp3) is 0.417. The maximum atomic E-state index is 10.5. The summed E-state index contributed by atoms with van der Waals surface area (Å²) in [6.45, 7) is 1.49. The summed E-state index contributed by atoms with van der Waals surface area (Å²) >= 11 is 0. The molecule has 16 heavy (non-hydrogen) atoms. The van der Waals surface area contributed by atoms with Crippen molar-refractivity contribution in [2.24, 2.45) is 11.5 Å². The minimum absolute atomic E-state index is 0.0174. The van der Waals surface area contributed by atoms with Gasteiger partial charge in [-0.1, -0.05) is 30.3 Å². The van der Waals surface area contributed by atoms with E-state index in [-0.39, 0.29) is 11.9 Å². The molecule has 0 radical (unpaired) electrons. The van der Waals surface area contributed by atoms with Gasteiger partial charge in [-0.3, -0.25) is 4.79 Å². The van der Waals surface area contributed by atoms with Crippen molar-refractivity contribution in [3.8, 4) is 0 Å². The largest absolute Gasteiger partial charge is 0.370 e. The van der Waals surface area contributed by atoms with E-state index in [1.807, 2.05) is 18.2 Å². The molecule has 88 valence electrons. The summed E-state index contributed by atoms with van der Waals surface area (Å²) < 4.78 is 0. The number of amides is 1. The Bertz CT molecular complexity index is 313. The fourth-order valence-electron chi connectivity index (χ4n) is 1.43. The number of carbonyl (C=O) groups is 1. The van der Waals surface area contributed by atoms with Gasteiger partial charge < -0.3 is 16.8 Å². The predicted molar refractivity (Wildman–Crippen MR) is 64.6 cm³/mol. The van der Waals surface area contributed by atoms with Crippen molar-refractivity contribution in [2.45, 2.75) is 25.4 Å². The van der Waals surface area contributed by atoms with Crippen LogP contribution in [0.5, 0.6) is 0 Å². The lowest BCUT2D eigenvalue weighted by molar-refractivity contribution is -0.118. The van der Waals surface area contributed by atoms with E-state index in [0.29, 0.717) is 19.4 Å². The zero-order chi connectivity index (χ0) is 11.8. The molecule has 1 atom stereocenters. The third-order valence-corrected chi connectivity index (χ3v) is 2.34. The molecule has 0 saturated carbocycles. The van der Waals surface area contributed by atoms with Crippen LogP contribution >= 0.6 is 0 Å². The minimum atomic E-state index is -0.293. The molecule has 1 amide bonds. The van der Waals surface area contributed by atoms with Crippen molar-refractivity contribution in [3.05, 3.63) is 35.9 Å². The third-order valence-electron chi connectivity index (χ3n) is 2.34. The van der Waals surface area contributed by atoms with E-state index < -0.39 is 0 Å². The van der Waals surface area contributed by atoms with Gasteiger partial charge in [0.1, 0.15) is 0 Å². The summed E-state index contributed by atoms with van der Waals surface area (Å²) in [7, 11) is 0. The predicted octanol–water partition coefficient (Wildman–Crippen LogP) is 0.369. The molecule has 4 heteroatoms. The van der Waals surface area contributed by atoms with E-state index in [9.17, 15) is 4.79 Å². The molecule has 0 aromatic heterocycles. The van der Waals surface area contributed by atoms with Gasteiger partial charge in [0, 0.05) is 25.6 Å². The number of hydrogen-bond donors (Lipinski definition) is 3. The molecule has 1 rings (SSSR count). The smallest absolute Gasteiger partial charge is 0.217 e. The highest BCUT2D eigenvalue weighted by Gasteiger charge is 2.03. The van der Waals surface area contributed by atoms with Gasteiger partial charge in [-0.05, 0) is 12.0 Å². The van der Waals surface area contributed by atoms with E-state index in [1.165, 1.54) is 5.56 Å². The summed E-state index contributed by atoms with van der Waals surface area (Å²) in [5, 5.41) is 3.25. The molecule has 0 heterocycles. The SMILES string of the molecule is NC(=O)CCC(N)CNCc1ccccc1. The molecule has 4 nitrogen and oxygen atoms in total. The molecule has 0 bridgehead atoms. The fourth-order valence-corrected chi connectivity index (χ4v) is 1.43. The average molecular weight is 221 g/mol. The first-order chi connectivity index (χ1) is 7.68. The lowest BCUT2D eigenvalue weighted by Crippen LogP contribution is -2.34. The van der Waals surface area contributed by atoms with Crippen LogP contribution in [0.4, 0.5) is 0 Å². The van der Waals surface area contributed by atoms with Crippen molar-refractivity contribution < 1.29 is 4.79 Å². The molecule has 1 aromatic rings. The van der Waals surface area contributed by atoms with Crippen molar-refractivity contribution >= 4 is 5.91 Å². The van der Waals surface area contributed by atoms with Gasteiger partial charge in [-0.15, -0.1) is 0 Å². The van der Waals surface area contributed by atoms with Gasteiger partial charge in [0.05, 0.1) is 0 Å². The summed E-state index contributed by atoms with van der Waals surface area (Å²) in [5.74, 6) is -0.293. The molecule has 1 aromatic carbocycles.